The second-order valence-corrected chi connectivity index (χ2v) is 10.1. The van der Waals surface area contributed by atoms with E-state index in [2.05, 4.69) is 26.2 Å². The Morgan fingerprint density at radius 3 is 2.66 bits per heavy atom. The number of anilines is 1. The number of ether oxygens (including phenoxy) is 2. The van der Waals surface area contributed by atoms with Crippen molar-refractivity contribution in [1.29, 1.82) is 0 Å². The second kappa shape index (κ2) is 10.6. The Hall–Kier alpha value is -3.02. The average molecular weight is 549 g/mol. The van der Waals surface area contributed by atoms with Crippen LogP contribution >= 0.6 is 11.6 Å². The van der Waals surface area contributed by atoms with Crippen LogP contribution < -0.4 is 5.32 Å². The number of amides is 1. The molecule has 0 bridgehead atoms. The van der Waals surface area contributed by atoms with Crippen molar-refractivity contribution in [2.75, 3.05) is 25.0 Å². The zero-order valence-electron chi connectivity index (χ0n) is 20.5. The molecule has 2 aromatic rings. The fourth-order valence-corrected chi connectivity index (χ4v) is 5.46. The molecule has 13 nitrogen and oxygen atoms in total. The van der Waals surface area contributed by atoms with Gasteiger partial charge in [0.1, 0.15) is 12.2 Å². The van der Waals surface area contributed by atoms with Crippen molar-refractivity contribution < 1.29 is 34.4 Å². The second-order valence-electron chi connectivity index (χ2n) is 9.80. The van der Waals surface area contributed by atoms with Gasteiger partial charge in [0.2, 0.25) is 11.4 Å². The summed E-state index contributed by atoms with van der Waals surface area (Å²) in [6.45, 7) is 0.315. The maximum Gasteiger partial charge on any atom is 0.342 e. The van der Waals surface area contributed by atoms with Gasteiger partial charge in [0.25, 0.3) is 5.91 Å². The lowest BCUT2D eigenvalue weighted by Gasteiger charge is -2.26. The van der Waals surface area contributed by atoms with Crippen LogP contribution in [0.15, 0.2) is 6.33 Å². The quantitative estimate of drug-likeness (QED) is 0.206. The summed E-state index contributed by atoms with van der Waals surface area (Å²) in [6, 6.07) is 0.223. The van der Waals surface area contributed by atoms with Gasteiger partial charge in [-0.2, -0.15) is 9.97 Å². The summed E-state index contributed by atoms with van der Waals surface area (Å²) in [6.07, 6.45) is 6.57. The molecule has 2 saturated heterocycles. The number of hydrogen-bond donors (Lipinski definition) is 4. The van der Waals surface area contributed by atoms with E-state index in [-0.39, 0.29) is 17.0 Å². The molecular formula is C24H29ClN6O7. The average Bonchev–Trinajstić information content (AvgIpc) is 3.69. The number of terminal acetylenes is 1. The van der Waals surface area contributed by atoms with Gasteiger partial charge in [-0.05, 0) is 37.3 Å². The molecule has 0 radical (unpaired) electrons. The topological polar surface area (TPSA) is 172 Å². The molecule has 38 heavy (non-hydrogen) atoms. The molecule has 14 heteroatoms. The summed E-state index contributed by atoms with van der Waals surface area (Å²) in [5.74, 6) is 0.414. The predicted molar refractivity (Wildman–Crippen MR) is 133 cm³/mol. The van der Waals surface area contributed by atoms with Gasteiger partial charge in [0, 0.05) is 19.1 Å². The molecule has 3 fully saturated rings. The van der Waals surface area contributed by atoms with Gasteiger partial charge in [-0.15, -0.1) is 6.42 Å². The number of carbonyl (C=O) groups excluding carboxylic acids is 1. The van der Waals surface area contributed by atoms with Gasteiger partial charge in [0.15, 0.2) is 28.8 Å². The van der Waals surface area contributed by atoms with Crippen LogP contribution in [-0.2, 0) is 19.1 Å². The lowest BCUT2D eigenvalue weighted by molar-refractivity contribution is -0.167. The Morgan fingerprint density at radius 2 is 2.00 bits per heavy atom. The van der Waals surface area contributed by atoms with Gasteiger partial charge < -0.3 is 35.0 Å². The molecule has 2 aliphatic heterocycles. The first-order valence-corrected chi connectivity index (χ1v) is 12.9. The fourth-order valence-electron chi connectivity index (χ4n) is 5.29. The maximum atomic E-state index is 12.7. The monoisotopic (exact) mass is 548 g/mol. The van der Waals surface area contributed by atoms with Crippen molar-refractivity contribution in [2.45, 2.75) is 74.7 Å². The summed E-state index contributed by atoms with van der Waals surface area (Å²) in [5.41, 5.74) is -1.63. The van der Waals surface area contributed by atoms with Crippen molar-refractivity contribution in [3.05, 3.63) is 11.6 Å². The first kappa shape index (κ1) is 26.6. The largest absolute Gasteiger partial charge is 0.479 e. The smallest absolute Gasteiger partial charge is 0.342 e. The molecule has 5 rings (SSSR count). The molecule has 1 unspecified atom stereocenters. The minimum Gasteiger partial charge on any atom is -0.479 e. The van der Waals surface area contributed by atoms with Gasteiger partial charge in [-0.3, -0.25) is 9.36 Å². The van der Waals surface area contributed by atoms with Gasteiger partial charge in [-0.1, -0.05) is 18.8 Å². The molecule has 3 aliphatic rings. The number of carboxylic acids is 1. The summed E-state index contributed by atoms with van der Waals surface area (Å²) in [4.78, 5) is 38.7. The molecule has 204 valence electrons. The molecule has 5 atom stereocenters. The van der Waals surface area contributed by atoms with E-state index >= 15 is 0 Å². The number of nitrogens with one attached hydrogen (secondary N) is 1. The highest BCUT2D eigenvalue weighted by Crippen LogP contribution is 2.39. The number of hydrogen-bond acceptors (Lipinski definition) is 10. The Bertz CT molecular complexity index is 1250. The van der Waals surface area contributed by atoms with E-state index in [4.69, 9.17) is 27.5 Å². The highest BCUT2D eigenvalue weighted by Gasteiger charge is 2.56. The minimum atomic E-state index is -2.26. The number of carboxylic acid groups (broad SMARTS) is 1. The zero-order chi connectivity index (χ0) is 27.0. The normalized spacial score (nSPS) is 28.6. The highest BCUT2D eigenvalue weighted by atomic mass is 35.5. The highest BCUT2D eigenvalue weighted by molar-refractivity contribution is 6.28. The molecule has 1 aliphatic carbocycles. The van der Waals surface area contributed by atoms with Crippen LogP contribution in [0.3, 0.4) is 0 Å². The number of rotatable bonds is 8. The lowest BCUT2D eigenvalue weighted by Crippen LogP contribution is -2.50. The van der Waals surface area contributed by atoms with Gasteiger partial charge >= 0.3 is 5.97 Å². The third-order valence-electron chi connectivity index (χ3n) is 7.39. The Morgan fingerprint density at radius 1 is 1.29 bits per heavy atom. The summed E-state index contributed by atoms with van der Waals surface area (Å²) < 4.78 is 12.7. The predicted octanol–water partition coefficient (Wildman–Crippen LogP) is 0.549. The van der Waals surface area contributed by atoms with Gasteiger partial charge in [-0.25, -0.2) is 9.78 Å². The Balaban J connectivity index is 1.38. The van der Waals surface area contributed by atoms with E-state index in [1.54, 1.807) is 0 Å². The zero-order valence-corrected chi connectivity index (χ0v) is 21.3. The standard InChI is InChI=1S/C24H29ClN6O7/c1-2-24(36)14(11-37-16(22(34)35)20(33)30-9-5-6-10-30)38-21(17(24)32)31-12-26-15-18(27-13-7-3-4-8-13)28-23(25)29-19(15)31/h1,12-14,16-17,21,32,36H,3-11H2,(H,34,35)(H,27,28,29)/t14-,16?,17+,21-,24-/m1/s1. The summed E-state index contributed by atoms with van der Waals surface area (Å²) >= 11 is 6.19. The van der Waals surface area contributed by atoms with Crippen LogP contribution in [0.4, 0.5) is 5.82 Å². The third kappa shape index (κ3) is 4.78. The van der Waals surface area contributed by atoms with Crippen LogP contribution in [0, 0.1) is 12.3 Å². The van der Waals surface area contributed by atoms with E-state index < -0.39 is 48.6 Å². The molecule has 4 N–H and O–H groups in total. The molecule has 1 saturated carbocycles. The number of halogens is 1. The van der Waals surface area contributed by atoms with E-state index in [0.717, 1.165) is 38.5 Å². The molecule has 0 aromatic carbocycles. The SMILES string of the molecule is C#C[C@@]1(O)[C@@H](COC(C(=O)O)C(=O)N2CCCC2)O[C@@H](n2cnc3c(NC4CCCC4)nc(Cl)nc32)[C@@H]1O. The maximum absolute atomic E-state index is 12.7. The first-order valence-electron chi connectivity index (χ1n) is 12.6. The molecule has 0 spiro atoms. The number of aliphatic carboxylic acids is 1. The molecule has 2 aromatic heterocycles. The van der Waals surface area contributed by atoms with E-state index in [1.807, 2.05) is 0 Å². The summed E-state index contributed by atoms with van der Waals surface area (Å²) in [5, 5.41) is 35.0. The van der Waals surface area contributed by atoms with Crippen LogP contribution in [0.25, 0.3) is 11.2 Å². The van der Waals surface area contributed by atoms with E-state index in [9.17, 15) is 24.9 Å². The van der Waals surface area contributed by atoms with Crippen LogP contribution in [0.1, 0.15) is 44.8 Å². The van der Waals surface area contributed by atoms with Gasteiger partial charge in [0.05, 0.1) is 12.9 Å². The number of aliphatic hydroxyl groups excluding tert-OH is 1. The number of carbonyl (C=O) groups is 2. The third-order valence-corrected chi connectivity index (χ3v) is 7.56. The Kier molecular flexibility index (Phi) is 7.43. The van der Waals surface area contributed by atoms with E-state index in [0.29, 0.717) is 24.4 Å². The fraction of sp³-hybridized carbons (Fsp3) is 0.625. The number of imidazole rings is 1. The molecular weight excluding hydrogens is 520 g/mol. The van der Waals surface area contributed by atoms with Crippen LogP contribution in [0.5, 0.6) is 0 Å². The van der Waals surface area contributed by atoms with Crippen molar-refractivity contribution in [1.82, 2.24) is 24.4 Å². The van der Waals surface area contributed by atoms with Crippen molar-refractivity contribution >= 4 is 40.5 Å². The number of aromatic nitrogens is 4. The lowest BCUT2D eigenvalue weighted by atomic mass is 9.93. The summed E-state index contributed by atoms with van der Waals surface area (Å²) in [7, 11) is 0. The number of aliphatic hydroxyl groups is 2. The van der Waals surface area contributed by atoms with E-state index in [1.165, 1.54) is 15.8 Å². The number of likely N-dealkylation sites (tertiary alicyclic amines) is 1. The van der Waals surface area contributed by atoms with Crippen LogP contribution in [0.2, 0.25) is 5.28 Å². The van der Waals surface area contributed by atoms with Crippen molar-refractivity contribution in [2.24, 2.45) is 0 Å². The van der Waals surface area contributed by atoms with Crippen LogP contribution in [-0.4, -0.2) is 101 Å². The molecule has 4 heterocycles. The van der Waals surface area contributed by atoms with Crippen molar-refractivity contribution in [3.8, 4) is 12.3 Å². The number of nitrogens with zero attached hydrogens (tertiary/aromatic N) is 5. The number of fused-ring (bicyclic) bond motifs is 1. The Labute approximate surface area is 223 Å². The van der Waals surface area contributed by atoms with Crippen molar-refractivity contribution in [3.63, 3.8) is 0 Å². The molecule has 1 amide bonds. The first-order chi connectivity index (χ1) is 18.2. The minimum absolute atomic E-state index is 0.0518.